The minimum Gasteiger partial charge on any atom is -0.504 e. The van der Waals surface area contributed by atoms with Gasteiger partial charge < -0.3 is 14.6 Å². The molecule has 0 aliphatic carbocycles. The molecule has 0 aliphatic heterocycles. The summed E-state index contributed by atoms with van der Waals surface area (Å²) in [5.74, 6) is -0.247. The maximum atomic E-state index is 11.1. The van der Waals surface area contributed by atoms with E-state index in [2.05, 4.69) is 4.74 Å². The van der Waals surface area contributed by atoms with Crippen molar-refractivity contribution in [1.29, 1.82) is 0 Å². The molecule has 0 fully saturated rings. The lowest BCUT2D eigenvalue weighted by Crippen LogP contribution is -2.19. The third-order valence-electron chi connectivity index (χ3n) is 1.96. The van der Waals surface area contributed by atoms with Crippen LogP contribution in [0.5, 0.6) is 11.5 Å². The van der Waals surface area contributed by atoms with Gasteiger partial charge in [0.2, 0.25) is 0 Å². The molecule has 1 atom stereocenters. The number of carbonyl (C=O) groups excluding carboxylic acids is 1. The number of methoxy groups -OCH3 is 1. The largest absolute Gasteiger partial charge is 0.504 e. The summed E-state index contributed by atoms with van der Waals surface area (Å²) in [7, 11) is 1.33. The van der Waals surface area contributed by atoms with Crippen molar-refractivity contribution in [2.75, 3.05) is 13.7 Å². The van der Waals surface area contributed by atoms with Crippen LogP contribution >= 0.6 is 0 Å². The SMILES string of the molecule is COC(=O)C(C)COc1ccccc1O. The molecule has 0 amide bonds. The van der Waals surface area contributed by atoms with E-state index in [-0.39, 0.29) is 24.2 Å². The lowest BCUT2D eigenvalue weighted by Gasteiger charge is -2.11. The van der Waals surface area contributed by atoms with Crippen LogP contribution in [0.1, 0.15) is 6.92 Å². The molecule has 1 unspecified atom stereocenters. The van der Waals surface area contributed by atoms with Crippen LogP contribution < -0.4 is 4.74 Å². The average molecular weight is 210 g/mol. The van der Waals surface area contributed by atoms with Crippen molar-refractivity contribution >= 4 is 5.97 Å². The first-order valence-electron chi connectivity index (χ1n) is 4.63. The highest BCUT2D eigenvalue weighted by Gasteiger charge is 2.14. The summed E-state index contributed by atoms with van der Waals surface area (Å²) in [5.41, 5.74) is 0. The van der Waals surface area contributed by atoms with Crippen molar-refractivity contribution in [3.8, 4) is 11.5 Å². The Morgan fingerprint density at radius 1 is 1.47 bits per heavy atom. The molecule has 0 saturated heterocycles. The van der Waals surface area contributed by atoms with Gasteiger partial charge >= 0.3 is 5.97 Å². The second-order valence-electron chi connectivity index (χ2n) is 3.20. The van der Waals surface area contributed by atoms with Crippen molar-refractivity contribution in [3.05, 3.63) is 24.3 Å². The summed E-state index contributed by atoms with van der Waals surface area (Å²) in [6.45, 7) is 1.88. The van der Waals surface area contributed by atoms with Crippen molar-refractivity contribution in [1.82, 2.24) is 0 Å². The van der Waals surface area contributed by atoms with Crippen LogP contribution in [0.3, 0.4) is 0 Å². The molecule has 0 bridgehead atoms. The summed E-state index contributed by atoms with van der Waals surface area (Å²) < 4.78 is 9.82. The fourth-order valence-electron chi connectivity index (χ4n) is 1.06. The second-order valence-corrected chi connectivity index (χ2v) is 3.20. The van der Waals surface area contributed by atoms with Gasteiger partial charge in [-0.25, -0.2) is 0 Å². The molecule has 0 saturated carbocycles. The molecule has 82 valence electrons. The Balaban J connectivity index is 2.50. The van der Waals surface area contributed by atoms with Crippen molar-refractivity contribution in [2.24, 2.45) is 5.92 Å². The third-order valence-corrected chi connectivity index (χ3v) is 1.96. The average Bonchev–Trinajstić information content (AvgIpc) is 2.26. The van der Waals surface area contributed by atoms with Crippen LogP contribution in [0.15, 0.2) is 24.3 Å². The molecule has 0 radical (unpaired) electrons. The zero-order valence-corrected chi connectivity index (χ0v) is 8.77. The van der Waals surface area contributed by atoms with Gasteiger partial charge in [0.25, 0.3) is 0 Å². The van der Waals surface area contributed by atoms with Gasteiger partial charge in [0.15, 0.2) is 11.5 Å². The molecule has 0 spiro atoms. The third kappa shape index (κ3) is 3.16. The van der Waals surface area contributed by atoms with Crippen LogP contribution in [0.4, 0.5) is 0 Å². The fraction of sp³-hybridized carbons (Fsp3) is 0.364. The molecule has 0 aromatic heterocycles. The molecule has 4 heteroatoms. The summed E-state index contributed by atoms with van der Waals surface area (Å²) in [5, 5.41) is 9.38. The Kier molecular flexibility index (Phi) is 3.97. The van der Waals surface area contributed by atoms with Crippen molar-refractivity contribution in [2.45, 2.75) is 6.92 Å². The van der Waals surface area contributed by atoms with Crippen LogP contribution in [0, 0.1) is 5.92 Å². The first-order chi connectivity index (χ1) is 7.15. The molecule has 15 heavy (non-hydrogen) atoms. The lowest BCUT2D eigenvalue weighted by atomic mass is 10.2. The Morgan fingerprint density at radius 3 is 2.73 bits per heavy atom. The summed E-state index contributed by atoms with van der Waals surface area (Å²) in [4.78, 5) is 11.1. The number of hydrogen-bond acceptors (Lipinski definition) is 4. The number of para-hydroxylation sites is 2. The first-order valence-corrected chi connectivity index (χ1v) is 4.63. The van der Waals surface area contributed by atoms with Gasteiger partial charge in [-0.3, -0.25) is 4.79 Å². The molecule has 0 aliphatic rings. The van der Waals surface area contributed by atoms with Gasteiger partial charge in [-0.15, -0.1) is 0 Å². The first kappa shape index (κ1) is 11.4. The summed E-state index contributed by atoms with van der Waals surface area (Å²) in [6.07, 6.45) is 0. The fourth-order valence-corrected chi connectivity index (χ4v) is 1.06. The van der Waals surface area contributed by atoms with Crippen molar-refractivity contribution < 1.29 is 19.4 Å². The molecule has 1 aromatic rings. The van der Waals surface area contributed by atoms with E-state index >= 15 is 0 Å². The van der Waals surface area contributed by atoms with Crippen LogP contribution in [0.2, 0.25) is 0 Å². The number of benzene rings is 1. The molecule has 0 heterocycles. The lowest BCUT2D eigenvalue weighted by molar-refractivity contribution is -0.145. The van der Waals surface area contributed by atoms with E-state index in [9.17, 15) is 9.90 Å². The number of ether oxygens (including phenoxy) is 2. The highest BCUT2D eigenvalue weighted by Crippen LogP contribution is 2.24. The number of hydrogen-bond donors (Lipinski definition) is 1. The van der Waals surface area contributed by atoms with E-state index in [4.69, 9.17) is 4.74 Å². The minimum atomic E-state index is -0.352. The number of rotatable bonds is 4. The van der Waals surface area contributed by atoms with E-state index in [1.165, 1.54) is 13.2 Å². The predicted molar refractivity (Wildman–Crippen MR) is 54.8 cm³/mol. The molecular weight excluding hydrogens is 196 g/mol. The van der Waals surface area contributed by atoms with E-state index in [1.54, 1.807) is 25.1 Å². The molecule has 1 N–H and O–H groups in total. The smallest absolute Gasteiger partial charge is 0.311 e. The van der Waals surface area contributed by atoms with Gasteiger partial charge in [0, 0.05) is 0 Å². The van der Waals surface area contributed by atoms with Gasteiger partial charge in [-0.1, -0.05) is 12.1 Å². The number of carbonyl (C=O) groups is 1. The maximum absolute atomic E-state index is 11.1. The van der Waals surface area contributed by atoms with Crippen LogP contribution in [-0.2, 0) is 9.53 Å². The Bertz CT molecular complexity index is 335. The van der Waals surface area contributed by atoms with E-state index in [1.807, 2.05) is 0 Å². The number of phenols is 1. The summed E-state index contributed by atoms with van der Waals surface area (Å²) in [6, 6.07) is 6.61. The van der Waals surface area contributed by atoms with Crippen LogP contribution in [0.25, 0.3) is 0 Å². The zero-order valence-electron chi connectivity index (χ0n) is 8.77. The molecule has 1 rings (SSSR count). The molecular formula is C11H14O4. The number of aromatic hydroxyl groups is 1. The Labute approximate surface area is 88.4 Å². The summed E-state index contributed by atoms with van der Waals surface area (Å²) >= 11 is 0. The zero-order chi connectivity index (χ0) is 11.3. The van der Waals surface area contributed by atoms with Gasteiger partial charge in [-0.05, 0) is 19.1 Å². The standard InChI is InChI=1S/C11H14O4/c1-8(11(13)14-2)7-15-10-6-4-3-5-9(10)12/h3-6,8,12H,7H2,1-2H3. The maximum Gasteiger partial charge on any atom is 0.311 e. The monoisotopic (exact) mass is 210 g/mol. The topological polar surface area (TPSA) is 55.8 Å². The number of esters is 1. The highest BCUT2D eigenvalue weighted by atomic mass is 16.5. The Morgan fingerprint density at radius 2 is 2.13 bits per heavy atom. The van der Waals surface area contributed by atoms with Gasteiger partial charge in [0.05, 0.1) is 13.0 Å². The van der Waals surface area contributed by atoms with Crippen molar-refractivity contribution in [3.63, 3.8) is 0 Å². The Hall–Kier alpha value is -1.71. The van der Waals surface area contributed by atoms with Gasteiger partial charge in [0.1, 0.15) is 6.61 Å². The van der Waals surface area contributed by atoms with E-state index in [0.717, 1.165) is 0 Å². The molecule has 4 nitrogen and oxygen atoms in total. The van der Waals surface area contributed by atoms with E-state index in [0.29, 0.717) is 5.75 Å². The van der Waals surface area contributed by atoms with Gasteiger partial charge in [-0.2, -0.15) is 0 Å². The molecule has 1 aromatic carbocycles. The minimum absolute atomic E-state index is 0.0644. The van der Waals surface area contributed by atoms with E-state index < -0.39 is 0 Å². The second kappa shape index (κ2) is 5.24. The number of phenolic OH excluding ortho intramolecular Hbond substituents is 1. The quantitative estimate of drug-likeness (QED) is 0.766. The normalized spacial score (nSPS) is 11.9. The van der Waals surface area contributed by atoms with Crippen LogP contribution in [-0.4, -0.2) is 24.8 Å². The highest BCUT2D eigenvalue weighted by molar-refractivity contribution is 5.71. The predicted octanol–water partition coefficient (Wildman–Crippen LogP) is 1.58.